The van der Waals surface area contributed by atoms with Gasteiger partial charge in [-0.1, -0.05) is 0 Å². The van der Waals surface area contributed by atoms with Crippen LogP contribution in [-0.2, 0) is 9.53 Å². The van der Waals surface area contributed by atoms with E-state index in [1.165, 1.54) is 0 Å². The Kier molecular flexibility index (Phi) is 4.01. The van der Waals surface area contributed by atoms with Crippen molar-refractivity contribution in [2.24, 2.45) is 5.73 Å². The molecule has 0 aromatic heterocycles. The van der Waals surface area contributed by atoms with Gasteiger partial charge in [0, 0.05) is 25.7 Å². The molecule has 0 aromatic carbocycles. The third kappa shape index (κ3) is 3.18. The summed E-state index contributed by atoms with van der Waals surface area (Å²) in [4.78, 5) is 14.2. The van der Waals surface area contributed by atoms with Crippen LogP contribution in [0.3, 0.4) is 0 Å². The van der Waals surface area contributed by atoms with E-state index in [1.807, 2.05) is 6.92 Å². The lowest BCUT2D eigenvalue weighted by Crippen LogP contribution is -2.61. The Bertz CT molecular complexity index is 273. The van der Waals surface area contributed by atoms with Gasteiger partial charge in [0.25, 0.3) is 0 Å². The van der Waals surface area contributed by atoms with E-state index in [0.717, 1.165) is 52.1 Å². The van der Waals surface area contributed by atoms with E-state index >= 15 is 0 Å². The Morgan fingerprint density at radius 2 is 2.12 bits per heavy atom. The molecule has 1 atom stereocenters. The second kappa shape index (κ2) is 5.33. The van der Waals surface area contributed by atoms with Crippen LogP contribution in [0.25, 0.3) is 0 Å². The van der Waals surface area contributed by atoms with E-state index in [-0.39, 0.29) is 11.9 Å². The molecule has 5 nitrogen and oxygen atoms in total. The molecule has 17 heavy (non-hydrogen) atoms. The van der Waals surface area contributed by atoms with Crippen LogP contribution >= 0.6 is 0 Å². The maximum atomic E-state index is 11.9. The zero-order valence-electron chi connectivity index (χ0n) is 10.6. The van der Waals surface area contributed by atoms with Gasteiger partial charge in [-0.05, 0) is 26.2 Å². The minimum atomic E-state index is -0.584. The van der Waals surface area contributed by atoms with Gasteiger partial charge in [0.1, 0.15) is 0 Å². The summed E-state index contributed by atoms with van der Waals surface area (Å²) < 4.78 is 5.29. The van der Waals surface area contributed by atoms with Crippen LogP contribution < -0.4 is 11.1 Å². The van der Waals surface area contributed by atoms with Crippen molar-refractivity contribution in [2.45, 2.75) is 37.8 Å². The van der Waals surface area contributed by atoms with Crippen LogP contribution in [0.1, 0.15) is 26.2 Å². The topological polar surface area (TPSA) is 67.6 Å². The van der Waals surface area contributed by atoms with Crippen molar-refractivity contribution in [1.82, 2.24) is 10.2 Å². The van der Waals surface area contributed by atoms with E-state index in [9.17, 15) is 4.79 Å². The molecule has 1 unspecified atom stereocenters. The van der Waals surface area contributed by atoms with Crippen LogP contribution in [0.2, 0.25) is 0 Å². The molecule has 1 saturated carbocycles. The van der Waals surface area contributed by atoms with Gasteiger partial charge in [-0.2, -0.15) is 0 Å². The summed E-state index contributed by atoms with van der Waals surface area (Å²) >= 11 is 0. The molecule has 1 amide bonds. The fraction of sp³-hybridized carbons (Fsp3) is 0.917. The fourth-order valence-corrected chi connectivity index (χ4v) is 2.37. The molecule has 98 valence electrons. The maximum absolute atomic E-state index is 11.9. The molecule has 0 bridgehead atoms. The highest BCUT2D eigenvalue weighted by Crippen LogP contribution is 2.29. The van der Waals surface area contributed by atoms with Gasteiger partial charge < -0.3 is 15.8 Å². The third-order valence-corrected chi connectivity index (χ3v) is 3.71. The second-order valence-corrected chi connectivity index (χ2v) is 5.30. The van der Waals surface area contributed by atoms with E-state index in [1.54, 1.807) is 0 Å². The molecule has 2 aliphatic rings. The first-order chi connectivity index (χ1) is 8.10. The first-order valence-corrected chi connectivity index (χ1v) is 6.50. The average molecular weight is 241 g/mol. The van der Waals surface area contributed by atoms with Gasteiger partial charge >= 0.3 is 0 Å². The molecule has 5 heteroatoms. The summed E-state index contributed by atoms with van der Waals surface area (Å²) in [6.07, 6.45) is 2.72. The van der Waals surface area contributed by atoms with Crippen molar-refractivity contribution >= 4 is 5.91 Å². The Morgan fingerprint density at radius 1 is 1.47 bits per heavy atom. The number of nitrogens with zero attached hydrogens (tertiary/aromatic N) is 1. The van der Waals surface area contributed by atoms with Crippen molar-refractivity contribution in [2.75, 3.05) is 32.8 Å². The summed E-state index contributed by atoms with van der Waals surface area (Å²) in [5.74, 6) is 0.0181. The van der Waals surface area contributed by atoms with Crippen LogP contribution in [0, 0.1) is 0 Å². The summed E-state index contributed by atoms with van der Waals surface area (Å²) in [7, 11) is 0. The van der Waals surface area contributed by atoms with Crippen LogP contribution in [0.4, 0.5) is 0 Å². The number of rotatable bonds is 4. The molecule has 0 spiro atoms. The first kappa shape index (κ1) is 12.8. The van der Waals surface area contributed by atoms with Crippen molar-refractivity contribution < 1.29 is 9.53 Å². The maximum Gasteiger partial charge on any atom is 0.240 e. The smallest absolute Gasteiger partial charge is 0.240 e. The van der Waals surface area contributed by atoms with Crippen molar-refractivity contribution in [3.8, 4) is 0 Å². The summed E-state index contributed by atoms with van der Waals surface area (Å²) in [5, 5.41) is 3.02. The van der Waals surface area contributed by atoms with Crippen molar-refractivity contribution in [3.63, 3.8) is 0 Å². The lowest BCUT2D eigenvalue weighted by Gasteiger charge is -2.38. The normalized spacial score (nSPS) is 26.0. The second-order valence-electron chi connectivity index (χ2n) is 5.30. The third-order valence-electron chi connectivity index (χ3n) is 3.71. The highest BCUT2D eigenvalue weighted by Gasteiger charge is 2.40. The van der Waals surface area contributed by atoms with Gasteiger partial charge in [0.05, 0.1) is 18.8 Å². The van der Waals surface area contributed by atoms with E-state index in [4.69, 9.17) is 10.5 Å². The molecule has 1 aliphatic heterocycles. The van der Waals surface area contributed by atoms with Gasteiger partial charge in [0.2, 0.25) is 5.91 Å². The average Bonchev–Trinajstić information content (AvgIpc) is 2.27. The number of hydrogen-bond donors (Lipinski definition) is 2. The largest absolute Gasteiger partial charge is 0.379 e. The van der Waals surface area contributed by atoms with E-state index < -0.39 is 5.54 Å². The number of morpholine rings is 1. The molecule has 1 aliphatic carbocycles. The lowest BCUT2D eigenvalue weighted by molar-refractivity contribution is -0.130. The zero-order chi connectivity index (χ0) is 12.3. The minimum absolute atomic E-state index is 0.0181. The monoisotopic (exact) mass is 241 g/mol. The number of nitrogens with one attached hydrogen (secondary N) is 1. The molecule has 0 radical (unpaired) electrons. The standard InChI is InChI=1S/C12H23N3O2/c1-10(9-15-5-7-17-8-6-15)14-11(16)12(13)3-2-4-12/h10H,2-9,13H2,1H3,(H,14,16). The van der Waals surface area contributed by atoms with Gasteiger partial charge in [-0.25, -0.2) is 0 Å². The molecular weight excluding hydrogens is 218 g/mol. The molecule has 3 N–H and O–H groups in total. The number of ether oxygens (including phenoxy) is 1. The zero-order valence-corrected chi connectivity index (χ0v) is 10.6. The first-order valence-electron chi connectivity index (χ1n) is 6.50. The number of carbonyl (C=O) groups excluding carboxylic acids is 1. The fourth-order valence-electron chi connectivity index (χ4n) is 2.37. The quantitative estimate of drug-likeness (QED) is 0.709. The molecule has 1 saturated heterocycles. The summed E-state index contributed by atoms with van der Waals surface area (Å²) in [5.41, 5.74) is 5.40. The highest BCUT2D eigenvalue weighted by atomic mass is 16.5. The van der Waals surface area contributed by atoms with Gasteiger partial charge in [-0.3, -0.25) is 9.69 Å². The van der Waals surface area contributed by atoms with E-state index in [0.29, 0.717) is 0 Å². The van der Waals surface area contributed by atoms with Crippen molar-refractivity contribution in [1.29, 1.82) is 0 Å². The van der Waals surface area contributed by atoms with E-state index in [2.05, 4.69) is 10.2 Å². The number of carbonyl (C=O) groups is 1. The highest BCUT2D eigenvalue weighted by molar-refractivity contribution is 5.87. The lowest BCUT2D eigenvalue weighted by atomic mass is 9.77. The summed E-state index contributed by atoms with van der Waals surface area (Å²) in [6.45, 7) is 6.41. The van der Waals surface area contributed by atoms with Crippen LogP contribution in [0.15, 0.2) is 0 Å². The van der Waals surface area contributed by atoms with Crippen LogP contribution in [-0.4, -0.2) is 55.2 Å². The van der Waals surface area contributed by atoms with Crippen molar-refractivity contribution in [3.05, 3.63) is 0 Å². The Labute approximate surface area is 103 Å². The Morgan fingerprint density at radius 3 is 2.65 bits per heavy atom. The minimum Gasteiger partial charge on any atom is -0.379 e. The Hall–Kier alpha value is -0.650. The predicted octanol–water partition coefficient (Wildman–Crippen LogP) is -0.295. The predicted molar refractivity (Wildman–Crippen MR) is 65.6 cm³/mol. The Balaban J connectivity index is 1.72. The molecule has 2 fully saturated rings. The number of nitrogens with two attached hydrogens (primary N) is 1. The molecule has 0 aromatic rings. The number of amides is 1. The van der Waals surface area contributed by atoms with Gasteiger partial charge in [-0.15, -0.1) is 0 Å². The van der Waals surface area contributed by atoms with Gasteiger partial charge in [0.15, 0.2) is 0 Å². The molecule has 2 rings (SSSR count). The summed E-state index contributed by atoms with van der Waals surface area (Å²) in [6, 6.07) is 0.154. The number of hydrogen-bond acceptors (Lipinski definition) is 4. The molecular formula is C12H23N3O2. The van der Waals surface area contributed by atoms with Crippen LogP contribution in [0.5, 0.6) is 0 Å². The SMILES string of the molecule is CC(CN1CCOCC1)NC(=O)C1(N)CCC1. The molecule has 1 heterocycles.